The molecule has 0 saturated carbocycles. The molecule has 9 heteroatoms. The predicted octanol–water partition coefficient (Wildman–Crippen LogP) is 1.40. The highest BCUT2D eigenvalue weighted by Crippen LogP contribution is 2.29. The molecule has 0 aliphatic carbocycles. The lowest BCUT2D eigenvalue weighted by atomic mass is 10.1. The summed E-state index contributed by atoms with van der Waals surface area (Å²) in [4.78, 5) is 14.6. The van der Waals surface area contributed by atoms with E-state index in [1.165, 1.54) is 19.2 Å². The molecule has 2 heterocycles. The van der Waals surface area contributed by atoms with Crippen molar-refractivity contribution in [2.24, 2.45) is 0 Å². The van der Waals surface area contributed by atoms with E-state index >= 15 is 0 Å². The van der Waals surface area contributed by atoms with E-state index in [0.717, 1.165) is 0 Å². The van der Waals surface area contributed by atoms with Crippen molar-refractivity contribution in [1.82, 2.24) is 15.4 Å². The Balaban J connectivity index is 1.94. The van der Waals surface area contributed by atoms with E-state index in [0.29, 0.717) is 30.9 Å². The molecule has 3 rings (SSSR count). The summed E-state index contributed by atoms with van der Waals surface area (Å²) in [6.45, 7) is 5.66. The maximum Gasteiger partial charge on any atom is 0.254 e. The van der Waals surface area contributed by atoms with Gasteiger partial charge >= 0.3 is 0 Å². The van der Waals surface area contributed by atoms with E-state index in [-0.39, 0.29) is 34.1 Å². The van der Waals surface area contributed by atoms with Crippen LogP contribution >= 0.6 is 0 Å². The van der Waals surface area contributed by atoms with Crippen molar-refractivity contribution in [2.75, 3.05) is 26.7 Å². The SMILES string of the molecule is COc1ccc(C(=O)N2CCNCC2C)cc1S(=O)(=O)Cc1cc(C)no1. The summed E-state index contributed by atoms with van der Waals surface area (Å²) in [5, 5.41) is 6.94. The smallest absolute Gasteiger partial charge is 0.254 e. The lowest BCUT2D eigenvalue weighted by Gasteiger charge is -2.34. The molecular weight excluding hydrogens is 370 g/mol. The van der Waals surface area contributed by atoms with Crippen LogP contribution in [0.25, 0.3) is 0 Å². The number of hydrogen-bond donors (Lipinski definition) is 1. The van der Waals surface area contributed by atoms with Crippen LogP contribution in [0.3, 0.4) is 0 Å². The van der Waals surface area contributed by atoms with Gasteiger partial charge in [0.25, 0.3) is 5.91 Å². The number of nitrogens with zero attached hydrogens (tertiary/aromatic N) is 2. The maximum absolute atomic E-state index is 12.9. The van der Waals surface area contributed by atoms with Crippen LogP contribution in [0.5, 0.6) is 5.75 Å². The summed E-state index contributed by atoms with van der Waals surface area (Å²) < 4.78 is 36.1. The molecule has 2 aromatic rings. The van der Waals surface area contributed by atoms with Crippen molar-refractivity contribution < 1.29 is 22.5 Å². The molecule has 146 valence electrons. The summed E-state index contributed by atoms with van der Waals surface area (Å²) in [5.74, 6) is -0.122. The molecule has 0 radical (unpaired) electrons. The monoisotopic (exact) mass is 393 g/mol. The number of methoxy groups -OCH3 is 1. The Morgan fingerprint density at radius 1 is 1.41 bits per heavy atom. The topological polar surface area (TPSA) is 102 Å². The zero-order valence-electron chi connectivity index (χ0n) is 15.6. The second-order valence-corrected chi connectivity index (χ2v) is 8.57. The molecule has 1 aromatic carbocycles. The molecule has 1 atom stereocenters. The molecule has 27 heavy (non-hydrogen) atoms. The maximum atomic E-state index is 12.9. The first kappa shape index (κ1) is 19.4. The Labute approximate surface area is 158 Å². The number of carbonyl (C=O) groups is 1. The summed E-state index contributed by atoms with van der Waals surface area (Å²) in [5.41, 5.74) is 0.917. The van der Waals surface area contributed by atoms with E-state index in [4.69, 9.17) is 9.26 Å². The third-order valence-electron chi connectivity index (χ3n) is 4.52. The fourth-order valence-electron chi connectivity index (χ4n) is 3.11. The van der Waals surface area contributed by atoms with E-state index in [9.17, 15) is 13.2 Å². The normalized spacial score (nSPS) is 17.7. The second kappa shape index (κ2) is 7.69. The zero-order valence-corrected chi connectivity index (χ0v) is 16.4. The summed E-state index contributed by atoms with van der Waals surface area (Å²) >= 11 is 0. The van der Waals surface area contributed by atoms with Crippen molar-refractivity contribution in [3.63, 3.8) is 0 Å². The second-order valence-electron chi connectivity index (χ2n) is 6.61. The molecule has 8 nitrogen and oxygen atoms in total. The molecule has 1 amide bonds. The Hall–Kier alpha value is -2.39. The van der Waals surface area contributed by atoms with Crippen molar-refractivity contribution in [3.05, 3.63) is 41.3 Å². The highest BCUT2D eigenvalue weighted by molar-refractivity contribution is 7.90. The molecule has 1 N–H and O–H groups in total. The minimum Gasteiger partial charge on any atom is -0.495 e. The molecule has 0 spiro atoms. The van der Waals surface area contributed by atoms with Gasteiger partial charge in [0.1, 0.15) is 16.4 Å². The van der Waals surface area contributed by atoms with Gasteiger partial charge in [-0.1, -0.05) is 5.16 Å². The molecule has 1 fully saturated rings. The van der Waals surface area contributed by atoms with Crippen LogP contribution in [-0.4, -0.2) is 57.2 Å². The van der Waals surface area contributed by atoms with Gasteiger partial charge in [0.2, 0.25) is 0 Å². The minimum atomic E-state index is -3.78. The number of aryl methyl sites for hydroxylation is 1. The van der Waals surface area contributed by atoms with Crippen LogP contribution in [-0.2, 0) is 15.6 Å². The van der Waals surface area contributed by atoms with Gasteiger partial charge in [-0.15, -0.1) is 0 Å². The fourth-order valence-corrected chi connectivity index (χ4v) is 4.54. The minimum absolute atomic E-state index is 0.0329. The quantitative estimate of drug-likeness (QED) is 0.819. The number of ether oxygens (including phenoxy) is 1. The van der Waals surface area contributed by atoms with Crippen molar-refractivity contribution in [1.29, 1.82) is 0 Å². The highest BCUT2D eigenvalue weighted by Gasteiger charge is 2.28. The lowest BCUT2D eigenvalue weighted by molar-refractivity contribution is 0.0655. The standard InChI is InChI=1S/C18H23N3O5S/c1-12-8-15(26-20-12)11-27(23,24)17-9-14(4-5-16(17)25-3)18(22)21-7-6-19-10-13(21)2/h4-5,8-9,13,19H,6-7,10-11H2,1-3H3. The van der Waals surface area contributed by atoms with Crippen LogP contribution < -0.4 is 10.1 Å². The molecule has 1 aromatic heterocycles. The molecule has 1 saturated heterocycles. The average Bonchev–Trinajstić information content (AvgIpc) is 3.05. The number of piperazine rings is 1. The lowest BCUT2D eigenvalue weighted by Crippen LogP contribution is -2.52. The van der Waals surface area contributed by atoms with Crippen molar-refractivity contribution in [3.8, 4) is 5.75 Å². The van der Waals surface area contributed by atoms with Gasteiger partial charge in [-0.3, -0.25) is 4.79 Å². The van der Waals surface area contributed by atoms with Crippen LogP contribution in [0.4, 0.5) is 0 Å². The van der Waals surface area contributed by atoms with Crippen LogP contribution in [0.1, 0.15) is 28.7 Å². The third kappa shape index (κ3) is 4.14. The van der Waals surface area contributed by atoms with Crippen LogP contribution in [0.2, 0.25) is 0 Å². The first-order chi connectivity index (χ1) is 12.8. The number of aromatic nitrogens is 1. The van der Waals surface area contributed by atoms with Crippen molar-refractivity contribution in [2.45, 2.75) is 30.5 Å². The van der Waals surface area contributed by atoms with Gasteiger partial charge < -0.3 is 19.5 Å². The Morgan fingerprint density at radius 2 is 2.19 bits per heavy atom. The summed E-state index contributed by atoms with van der Waals surface area (Å²) in [6.07, 6.45) is 0. The first-order valence-electron chi connectivity index (χ1n) is 8.66. The third-order valence-corrected chi connectivity index (χ3v) is 6.17. The summed E-state index contributed by atoms with van der Waals surface area (Å²) in [6, 6.07) is 6.09. The number of carbonyl (C=O) groups excluding carboxylic acids is 1. The van der Waals surface area contributed by atoms with Crippen molar-refractivity contribution >= 4 is 15.7 Å². The predicted molar refractivity (Wildman–Crippen MR) is 98.5 cm³/mol. The van der Waals surface area contributed by atoms with Crippen LogP contribution in [0, 0.1) is 6.92 Å². The van der Waals surface area contributed by atoms with Gasteiger partial charge in [0, 0.05) is 37.3 Å². The Kier molecular flexibility index (Phi) is 5.52. The number of benzene rings is 1. The number of sulfone groups is 1. The molecular formula is C18H23N3O5S. The molecule has 1 aliphatic rings. The van der Waals surface area contributed by atoms with E-state index in [2.05, 4.69) is 10.5 Å². The van der Waals surface area contributed by atoms with E-state index in [1.54, 1.807) is 24.0 Å². The van der Waals surface area contributed by atoms with Crippen LogP contribution in [0.15, 0.2) is 33.7 Å². The Bertz CT molecular complexity index is 938. The van der Waals surface area contributed by atoms with E-state index < -0.39 is 9.84 Å². The van der Waals surface area contributed by atoms with Gasteiger partial charge in [-0.2, -0.15) is 0 Å². The van der Waals surface area contributed by atoms with Gasteiger partial charge in [-0.25, -0.2) is 8.42 Å². The summed E-state index contributed by atoms with van der Waals surface area (Å²) in [7, 11) is -2.39. The Morgan fingerprint density at radius 3 is 2.81 bits per heavy atom. The largest absolute Gasteiger partial charge is 0.495 e. The zero-order chi connectivity index (χ0) is 19.6. The number of amides is 1. The highest BCUT2D eigenvalue weighted by atomic mass is 32.2. The fraction of sp³-hybridized carbons (Fsp3) is 0.444. The van der Waals surface area contributed by atoms with E-state index in [1.807, 2.05) is 6.92 Å². The first-order valence-corrected chi connectivity index (χ1v) is 10.3. The average molecular weight is 393 g/mol. The number of hydrogen-bond acceptors (Lipinski definition) is 7. The number of nitrogens with one attached hydrogen (secondary N) is 1. The van der Waals surface area contributed by atoms with Gasteiger partial charge in [0.05, 0.1) is 12.8 Å². The number of rotatable bonds is 5. The molecule has 1 unspecified atom stereocenters. The van der Waals surface area contributed by atoms with Gasteiger partial charge in [-0.05, 0) is 32.0 Å². The molecule has 0 bridgehead atoms. The molecule has 1 aliphatic heterocycles. The van der Waals surface area contributed by atoms with Gasteiger partial charge in [0.15, 0.2) is 15.6 Å².